The molecule has 2 aromatic carbocycles. The van der Waals surface area contributed by atoms with Gasteiger partial charge < -0.3 is 4.90 Å². The molecule has 34 heavy (non-hydrogen) atoms. The predicted molar refractivity (Wildman–Crippen MR) is 132 cm³/mol. The van der Waals surface area contributed by atoms with Crippen molar-refractivity contribution in [2.24, 2.45) is 0 Å². The molecule has 2 heterocycles. The van der Waals surface area contributed by atoms with Crippen LogP contribution < -0.4 is 4.90 Å². The smallest absolute Gasteiger partial charge is 0.293 e. The zero-order valence-corrected chi connectivity index (χ0v) is 20.1. The molecule has 2 aliphatic rings. The van der Waals surface area contributed by atoms with Crippen molar-refractivity contribution in [3.63, 3.8) is 0 Å². The van der Waals surface area contributed by atoms with E-state index in [1.807, 2.05) is 13.8 Å². The number of rotatable bonds is 5. The summed E-state index contributed by atoms with van der Waals surface area (Å²) in [5, 5.41) is 10.4. The van der Waals surface area contributed by atoms with Gasteiger partial charge in [0.2, 0.25) is 0 Å². The van der Waals surface area contributed by atoms with Crippen LogP contribution in [0.2, 0.25) is 0 Å². The van der Waals surface area contributed by atoms with Crippen LogP contribution in [0, 0.1) is 15.9 Å². The fourth-order valence-corrected chi connectivity index (χ4v) is 5.32. The highest BCUT2D eigenvalue weighted by molar-refractivity contribution is 8.18. The van der Waals surface area contributed by atoms with Crippen LogP contribution in [0.5, 0.6) is 0 Å². The second-order valence-electron chi connectivity index (χ2n) is 8.81. The minimum Gasteiger partial charge on any atom is -0.363 e. The molecule has 7 nitrogen and oxygen atoms in total. The summed E-state index contributed by atoms with van der Waals surface area (Å²) in [6.07, 6.45) is 3.55. The molecule has 9 heteroatoms. The summed E-state index contributed by atoms with van der Waals surface area (Å²) in [6.45, 7) is 8.85. The van der Waals surface area contributed by atoms with E-state index in [4.69, 9.17) is 0 Å². The second-order valence-corrected chi connectivity index (χ2v) is 9.80. The molecule has 0 aliphatic carbocycles. The number of carbonyl (C=O) groups is 2. The summed E-state index contributed by atoms with van der Waals surface area (Å²) >= 11 is 0.754. The van der Waals surface area contributed by atoms with Crippen molar-refractivity contribution in [2.75, 3.05) is 11.4 Å². The first-order chi connectivity index (χ1) is 16.0. The zero-order valence-electron chi connectivity index (χ0n) is 19.3. The third kappa shape index (κ3) is 4.23. The number of carbonyl (C=O) groups excluding carboxylic acids is 2. The van der Waals surface area contributed by atoms with Crippen molar-refractivity contribution in [3.8, 4) is 0 Å². The van der Waals surface area contributed by atoms with Crippen molar-refractivity contribution < 1.29 is 18.9 Å². The number of nitro benzene ring substituents is 1. The van der Waals surface area contributed by atoms with Gasteiger partial charge in [-0.15, -0.1) is 0 Å². The maximum Gasteiger partial charge on any atom is 0.293 e. The summed E-state index contributed by atoms with van der Waals surface area (Å²) in [5.41, 5.74) is 3.20. The van der Waals surface area contributed by atoms with Crippen LogP contribution in [0.4, 0.5) is 20.6 Å². The summed E-state index contributed by atoms with van der Waals surface area (Å²) in [5.74, 6) is -0.987. The van der Waals surface area contributed by atoms with E-state index in [-0.39, 0.29) is 28.2 Å². The summed E-state index contributed by atoms with van der Waals surface area (Å²) < 4.78 is 15.1. The van der Waals surface area contributed by atoms with E-state index < -0.39 is 21.9 Å². The Morgan fingerprint density at radius 1 is 1.18 bits per heavy atom. The van der Waals surface area contributed by atoms with Gasteiger partial charge in [-0.3, -0.25) is 24.6 Å². The first-order valence-electron chi connectivity index (χ1n) is 10.8. The van der Waals surface area contributed by atoms with E-state index in [1.165, 1.54) is 36.4 Å². The van der Waals surface area contributed by atoms with Crippen LogP contribution in [0.3, 0.4) is 0 Å². The second kappa shape index (κ2) is 8.72. The molecule has 0 N–H and O–H groups in total. The lowest BCUT2D eigenvalue weighted by Crippen LogP contribution is -2.45. The Morgan fingerprint density at radius 2 is 1.85 bits per heavy atom. The predicted octanol–water partition coefficient (Wildman–Crippen LogP) is 5.99. The van der Waals surface area contributed by atoms with Crippen molar-refractivity contribution in [3.05, 3.63) is 80.0 Å². The van der Waals surface area contributed by atoms with E-state index >= 15 is 4.39 Å². The maximum atomic E-state index is 15.1. The molecule has 2 aromatic rings. The minimum atomic E-state index is -0.519. The number of nitrogens with zero attached hydrogens (tertiary/aromatic N) is 3. The number of imide groups is 1. The molecule has 176 valence electrons. The molecule has 0 atom stereocenters. The lowest BCUT2D eigenvalue weighted by Gasteiger charge is -2.42. The van der Waals surface area contributed by atoms with Gasteiger partial charge in [-0.05, 0) is 68.8 Å². The van der Waals surface area contributed by atoms with Gasteiger partial charge >= 0.3 is 0 Å². The molecular weight excluding hydrogens is 457 g/mol. The number of halogens is 1. The molecule has 0 saturated carbocycles. The van der Waals surface area contributed by atoms with E-state index in [2.05, 4.69) is 24.8 Å². The van der Waals surface area contributed by atoms with Crippen molar-refractivity contribution >= 4 is 45.9 Å². The lowest BCUT2D eigenvalue weighted by molar-refractivity contribution is -0.384. The minimum absolute atomic E-state index is 0.0188. The molecule has 0 aromatic heterocycles. The number of hydrogen-bond acceptors (Lipinski definition) is 6. The van der Waals surface area contributed by atoms with Crippen LogP contribution in [-0.4, -0.2) is 33.1 Å². The van der Waals surface area contributed by atoms with Crippen molar-refractivity contribution in [1.29, 1.82) is 0 Å². The molecule has 1 saturated heterocycles. The van der Waals surface area contributed by atoms with Gasteiger partial charge in [0.15, 0.2) is 0 Å². The topological polar surface area (TPSA) is 83.8 Å². The van der Waals surface area contributed by atoms with Gasteiger partial charge in [0.25, 0.3) is 16.8 Å². The number of hydrogen-bond donors (Lipinski definition) is 0. The number of nitro groups is 1. The quantitative estimate of drug-likeness (QED) is 0.296. The largest absolute Gasteiger partial charge is 0.363 e. The third-order valence-corrected chi connectivity index (χ3v) is 6.97. The van der Waals surface area contributed by atoms with Gasteiger partial charge in [0, 0.05) is 35.5 Å². The average molecular weight is 482 g/mol. The highest BCUT2D eigenvalue weighted by Gasteiger charge is 2.36. The van der Waals surface area contributed by atoms with Gasteiger partial charge in [-0.2, -0.15) is 0 Å². The van der Waals surface area contributed by atoms with Crippen LogP contribution in [0.25, 0.3) is 11.6 Å². The molecule has 0 unspecified atom stereocenters. The first kappa shape index (κ1) is 23.7. The van der Waals surface area contributed by atoms with E-state index in [1.54, 1.807) is 6.07 Å². The van der Waals surface area contributed by atoms with Crippen LogP contribution in [0.15, 0.2) is 47.4 Å². The fourth-order valence-electron chi connectivity index (χ4n) is 4.49. The maximum absolute atomic E-state index is 15.1. The normalized spacial score (nSPS) is 18.4. The number of fused-ring (bicyclic) bond motifs is 1. The highest BCUT2D eigenvalue weighted by Crippen LogP contribution is 2.41. The number of likely N-dealkylation sites (N-methyl/N-ethyl adjacent to an activating group) is 1. The van der Waals surface area contributed by atoms with Gasteiger partial charge in [0.05, 0.1) is 21.9 Å². The molecule has 1 fully saturated rings. The molecular formula is C25H24FN3O4S. The van der Waals surface area contributed by atoms with Gasteiger partial charge in [-0.25, -0.2) is 4.39 Å². The van der Waals surface area contributed by atoms with Crippen molar-refractivity contribution in [2.45, 2.75) is 39.8 Å². The monoisotopic (exact) mass is 481 g/mol. The first-order valence-corrected chi connectivity index (χ1v) is 11.6. The van der Waals surface area contributed by atoms with E-state index in [0.717, 1.165) is 33.5 Å². The standard InChI is InChI=1S/C25H24FN3O4S/c1-5-28-21-12-20(26)17(10-19(21)15(2)13-25(28,3)4)11-22-23(30)27(24(31)34-22)14-16-6-8-18(9-7-16)29(32)33/h6-13H,5,14H2,1-4H3/b22-11+. The Labute approximate surface area is 201 Å². The summed E-state index contributed by atoms with van der Waals surface area (Å²) in [7, 11) is 0. The Kier molecular flexibility index (Phi) is 6.07. The number of allylic oxidation sites excluding steroid dienone is 1. The van der Waals surface area contributed by atoms with Crippen LogP contribution in [0.1, 0.15) is 44.4 Å². The molecule has 0 radical (unpaired) electrons. The SMILES string of the molecule is CCN1c2cc(F)c(/C=C3/SC(=O)N(Cc4ccc([N+](=O)[O-])cc4)C3=O)cc2C(C)=CC1(C)C. The van der Waals surface area contributed by atoms with E-state index in [0.29, 0.717) is 12.1 Å². The number of non-ortho nitro benzene ring substituents is 1. The Morgan fingerprint density at radius 3 is 2.47 bits per heavy atom. The van der Waals surface area contributed by atoms with Gasteiger partial charge in [0.1, 0.15) is 5.82 Å². The molecule has 4 rings (SSSR count). The molecule has 0 spiro atoms. The van der Waals surface area contributed by atoms with E-state index in [9.17, 15) is 19.7 Å². The molecule has 0 bridgehead atoms. The summed E-state index contributed by atoms with van der Waals surface area (Å²) in [6, 6.07) is 8.87. The third-order valence-electron chi connectivity index (χ3n) is 6.06. The highest BCUT2D eigenvalue weighted by atomic mass is 32.2. The Balaban J connectivity index is 1.62. The number of amides is 2. The molecule has 2 amide bonds. The van der Waals surface area contributed by atoms with Crippen LogP contribution >= 0.6 is 11.8 Å². The molecule has 2 aliphatic heterocycles. The van der Waals surface area contributed by atoms with Crippen LogP contribution in [-0.2, 0) is 11.3 Å². The zero-order chi connectivity index (χ0) is 24.8. The lowest BCUT2D eigenvalue weighted by atomic mass is 9.88. The fraction of sp³-hybridized carbons (Fsp3) is 0.280. The number of benzene rings is 2. The Bertz CT molecular complexity index is 1270. The summed E-state index contributed by atoms with van der Waals surface area (Å²) in [4.78, 5) is 39.0. The average Bonchev–Trinajstić information content (AvgIpc) is 3.02. The number of thioether (sulfide) groups is 1. The number of anilines is 1. The van der Waals surface area contributed by atoms with Crippen molar-refractivity contribution in [1.82, 2.24) is 4.90 Å². The van der Waals surface area contributed by atoms with Gasteiger partial charge in [-0.1, -0.05) is 18.2 Å². The Hall–Kier alpha value is -3.46.